The Morgan fingerprint density at radius 2 is 1.96 bits per heavy atom. The van der Waals surface area contributed by atoms with Crippen LogP contribution < -0.4 is 0 Å². The van der Waals surface area contributed by atoms with Gasteiger partial charge in [0.2, 0.25) is 0 Å². The van der Waals surface area contributed by atoms with Crippen molar-refractivity contribution < 1.29 is 18.3 Å². The Labute approximate surface area is 162 Å². The number of rotatable bonds is 4. The van der Waals surface area contributed by atoms with Gasteiger partial charge in [-0.25, -0.2) is 8.78 Å². The fourth-order valence-electron chi connectivity index (χ4n) is 4.09. The van der Waals surface area contributed by atoms with E-state index in [1.807, 2.05) is 17.8 Å². The Balaban J connectivity index is 1.33. The van der Waals surface area contributed by atoms with Gasteiger partial charge in [-0.3, -0.25) is 14.4 Å². The fraction of sp³-hybridized carbons (Fsp3) is 0.500. The molecule has 2 aliphatic heterocycles. The number of piperazine rings is 1. The van der Waals surface area contributed by atoms with Crippen molar-refractivity contribution in [1.29, 1.82) is 0 Å². The average molecular weight is 390 g/mol. The summed E-state index contributed by atoms with van der Waals surface area (Å²) >= 11 is 0. The van der Waals surface area contributed by atoms with Crippen LogP contribution in [0.3, 0.4) is 0 Å². The highest BCUT2D eigenvalue weighted by atomic mass is 19.2. The smallest absolute Gasteiger partial charge is 0.254 e. The highest BCUT2D eigenvalue weighted by molar-refractivity contribution is 5.94. The highest BCUT2D eigenvalue weighted by Crippen LogP contribution is 2.34. The van der Waals surface area contributed by atoms with Gasteiger partial charge in [-0.2, -0.15) is 5.10 Å². The molecule has 0 bridgehead atoms. The number of carbonyl (C=O) groups is 1. The van der Waals surface area contributed by atoms with E-state index < -0.39 is 11.6 Å². The van der Waals surface area contributed by atoms with Crippen LogP contribution in [0.25, 0.3) is 0 Å². The van der Waals surface area contributed by atoms with Crippen LogP contribution in [-0.2, 0) is 11.8 Å². The molecule has 28 heavy (non-hydrogen) atoms. The van der Waals surface area contributed by atoms with Crippen LogP contribution in [0.4, 0.5) is 8.78 Å². The molecular weight excluding hydrogens is 366 g/mol. The molecule has 0 radical (unpaired) electrons. The van der Waals surface area contributed by atoms with E-state index in [4.69, 9.17) is 4.74 Å². The molecule has 4 rings (SSSR count). The van der Waals surface area contributed by atoms with Crippen LogP contribution in [0.1, 0.15) is 28.6 Å². The molecule has 1 aromatic carbocycles. The lowest BCUT2D eigenvalue weighted by molar-refractivity contribution is 0.0504. The number of halogens is 2. The molecule has 2 atom stereocenters. The topological polar surface area (TPSA) is 50.6 Å². The molecule has 8 heteroatoms. The van der Waals surface area contributed by atoms with Gasteiger partial charge in [0.15, 0.2) is 11.6 Å². The molecule has 2 saturated heterocycles. The summed E-state index contributed by atoms with van der Waals surface area (Å²) < 4.78 is 34.3. The van der Waals surface area contributed by atoms with Crippen molar-refractivity contribution in [1.82, 2.24) is 19.6 Å². The largest absolute Gasteiger partial charge is 0.372 e. The van der Waals surface area contributed by atoms with Gasteiger partial charge >= 0.3 is 0 Å². The lowest BCUT2D eigenvalue weighted by Gasteiger charge is -2.36. The number of hydrogen-bond acceptors (Lipinski definition) is 4. The van der Waals surface area contributed by atoms with E-state index >= 15 is 0 Å². The Hall–Kier alpha value is -2.32. The standard InChI is InChI=1S/C20H24F2N4O2/c1-24-18(4-6-23-24)19-15(5-11-28-19)13-25-7-9-26(10-8-25)20(27)14-2-3-16(21)17(22)12-14/h2-4,6,12,15,19H,5,7-11,13H2,1H3/t15-,19+/m0/s1. The van der Waals surface area contributed by atoms with Gasteiger partial charge < -0.3 is 9.64 Å². The zero-order valence-corrected chi connectivity index (χ0v) is 15.9. The summed E-state index contributed by atoms with van der Waals surface area (Å²) in [6.45, 7) is 4.30. The number of carbonyl (C=O) groups excluding carboxylic acids is 1. The van der Waals surface area contributed by atoms with Crippen molar-refractivity contribution in [3.05, 3.63) is 53.4 Å². The van der Waals surface area contributed by atoms with Gasteiger partial charge in [0, 0.05) is 64.1 Å². The van der Waals surface area contributed by atoms with E-state index in [0.29, 0.717) is 19.0 Å². The molecule has 2 aliphatic rings. The minimum atomic E-state index is -0.994. The molecule has 3 heterocycles. The zero-order chi connectivity index (χ0) is 19.7. The molecule has 2 aromatic rings. The third-order valence-electron chi connectivity index (χ3n) is 5.68. The Kier molecular flexibility index (Phi) is 5.41. The first-order chi connectivity index (χ1) is 13.5. The van der Waals surface area contributed by atoms with Gasteiger partial charge in [0.05, 0.1) is 5.69 Å². The van der Waals surface area contributed by atoms with Crippen LogP contribution in [0, 0.1) is 17.6 Å². The van der Waals surface area contributed by atoms with E-state index in [9.17, 15) is 13.6 Å². The van der Waals surface area contributed by atoms with E-state index in [-0.39, 0.29) is 17.6 Å². The maximum Gasteiger partial charge on any atom is 0.254 e. The SMILES string of the molecule is Cn1nccc1[C@@H]1OCC[C@H]1CN1CCN(C(=O)c2ccc(F)c(F)c2)CC1. The first-order valence-electron chi connectivity index (χ1n) is 9.59. The van der Waals surface area contributed by atoms with E-state index in [1.165, 1.54) is 6.07 Å². The molecule has 150 valence electrons. The third kappa shape index (κ3) is 3.79. The van der Waals surface area contributed by atoms with Crippen molar-refractivity contribution >= 4 is 5.91 Å². The second kappa shape index (κ2) is 7.97. The van der Waals surface area contributed by atoms with E-state index in [2.05, 4.69) is 10.00 Å². The number of nitrogens with zero attached hydrogens (tertiary/aromatic N) is 4. The average Bonchev–Trinajstić information content (AvgIpc) is 3.32. The minimum absolute atomic E-state index is 0.0503. The summed E-state index contributed by atoms with van der Waals surface area (Å²) in [5.41, 5.74) is 1.28. The highest BCUT2D eigenvalue weighted by Gasteiger charge is 2.34. The Bertz CT molecular complexity index is 848. The number of aryl methyl sites for hydroxylation is 1. The van der Waals surface area contributed by atoms with Crippen molar-refractivity contribution in [2.24, 2.45) is 13.0 Å². The van der Waals surface area contributed by atoms with Crippen LogP contribution in [0.2, 0.25) is 0 Å². The molecule has 2 fully saturated rings. The number of hydrogen-bond donors (Lipinski definition) is 0. The number of benzene rings is 1. The summed E-state index contributed by atoms with van der Waals surface area (Å²) in [6.07, 6.45) is 2.84. The van der Waals surface area contributed by atoms with Crippen LogP contribution in [0.15, 0.2) is 30.5 Å². The monoisotopic (exact) mass is 390 g/mol. The number of amides is 1. The minimum Gasteiger partial charge on any atom is -0.372 e. The molecule has 0 aliphatic carbocycles. The first-order valence-corrected chi connectivity index (χ1v) is 9.59. The second-order valence-corrected chi connectivity index (χ2v) is 7.44. The number of aromatic nitrogens is 2. The Morgan fingerprint density at radius 3 is 2.64 bits per heavy atom. The van der Waals surface area contributed by atoms with Gasteiger partial charge in [0.25, 0.3) is 5.91 Å². The van der Waals surface area contributed by atoms with Crippen molar-refractivity contribution in [3.63, 3.8) is 0 Å². The van der Waals surface area contributed by atoms with Gasteiger partial charge in [0.1, 0.15) is 6.10 Å². The summed E-state index contributed by atoms with van der Waals surface area (Å²) in [5, 5.41) is 4.24. The van der Waals surface area contributed by atoms with Crippen molar-refractivity contribution in [3.8, 4) is 0 Å². The second-order valence-electron chi connectivity index (χ2n) is 7.44. The van der Waals surface area contributed by atoms with Gasteiger partial charge in [-0.1, -0.05) is 0 Å². The van der Waals surface area contributed by atoms with Crippen LogP contribution >= 0.6 is 0 Å². The molecule has 0 unspecified atom stereocenters. The van der Waals surface area contributed by atoms with Crippen LogP contribution in [0.5, 0.6) is 0 Å². The zero-order valence-electron chi connectivity index (χ0n) is 15.9. The molecule has 1 amide bonds. The maximum absolute atomic E-state index is 13.4. The fourth-order valence-corrected chi connectivity index (χ4v) is 4.09. The molecule has 0 saturated carbocycles. The summed E-state index contributed by atoms with van der Waals surface area (Å²) in [7, 11) is 1.93. The van der Waals surface area contributed by atoms with E-state index in [0.717, 1.165) is 50.5 Å². The van der Waals surface area contributed by atoms with Gasteiger partial charge in [-0.05, 0) is 30.7 Å². The molecule has 1 aromatic heterocycles. The van der Waals surface area contributed by atoms with Crippen LogP contribution in [-0.4, -0.2) is 64.8 Å². The van der Waals surface area contributed by atoms with Crippen molar-refractivity contribution in [2.75, 3.05) is 39.3 Å². The molecule has 6 nitrogen and oxygen atoms in total. The summed E-state index contributed by atoms with van der Waals surface area (Å²) in [4.78, 5) is 16.6. The summed E-state index contributed by atoms with van der Waals surface area (Å²) in [6, 6.07) is 5.30. The predicted molar refractivity (Wildman–Crippen MR) is 98.7 cm³/mol. The summed E-state index contributed by atoms with van der Waals surface area (Å²) in [5.74, 6) is -1.80. The molecule has 0 N–H and O–H groups in total. The third-order valence-corrected chi connectivity index (χ3v) is 5.68. The van der Waals surface area contributed by atoms with E-state index in [1.54, 1.807) is 11.1 Å². The lowest BCUT2D eigenvalue weighted by Crippen LogP contribution is -2.50. The maximum atomic E-state index is 13.4. The quantitative estimate of drug-likeness (QED) is 0.804. The van der Waals surface area contributed by atoms with Crippen molar-refractivity contribution in [2.45, 2.75) is 12.5 Å². The normalized spacial score (nSPS) is 23.3. The predicted octanol–water partition coefficient (Wildman–Crippen LogP) is 2.23. The number of ether oxygens (including phenoxy) is 1. The lowest BCUT2D eigenvalue weighted by atomic mass is 9.98. The Morgan fingerprint density at radius 1 is 1.18 bits per heavy atom. The van der Waals surface area contributed by atoms with Gasteiger partial charge in [-0.15, -0.1) is 0 Å². The first kappa shape index (κ1) is 19.0. The molecule has 0 spiro atoms. The molecular formula is C20H24F2N4O2.